The molecule has 0 aliphatic carbocycles. The Morgan fingerprint density at radius 3 is 2.46 bits per heavy atom. The number of hydrogen-bond donors (Lipinski definition) is 0. The average Bonchev–Trinajstić information content (AvgIpc) is 3.18. The molecule has 35 heavy (non-hydrogen) atoms. The highest BCUT2D eigenvalue weighted by atomic mass is 32.2. The van der Waals surface area contributed by atoms with Gasteiger partial charge in [-0.05, 0) is 23.8 Å². The van der Waals surface area contributed by atoms with Gasteiger partial charge in [-0.15, -0.1) is 0 Å². The van der Waals surface area contributed by atoms with Crippen molar-refractivity contribution in [3.8, 4) is 0 Å². The molecule has 1 saturated heterocycles. The molecule has 0 bridgehead atoms. The molecule has 0 saturated carbocycles. The largest absolute Gasteiger partial charge is 0.340 e. The number of sulfonamides is 1. The third-order valence-electron chi connectivity index (χ3n) is 6.48. The van der Waals surface area contributed by atoms with E-state index in [0.717, 1.165) is 44.1 Å². The van der Waals surface area contributed by atoms with Gasteiger partial charge in [0, 0.05) is 66.7 Å². The van der Waals surface area contributed by atoms with Crippen LogP contribution in [0.15, 0.2) is 59.5 Å². The first-order chi connectivity index (χ1) is 16.8. The van der Waals surface area contributed by atoms with Crippen LogP contribution in [0.25, 0.3) is 17.1 Å². The van der Waals surface area contributed by atoms with E-state index < -0.39 is 10.0 Å². The number of imidazole rings is 1. The minimum Gasteiger partial charge on any atom is -0.340 e. The lowest BCUT2D eigenvalue weighted by molar-refractivity contribution is -0.132. The summed E-state index contributed by atoms with van der Waals surface area (Å²) in [6.07, 6.45) is 5.20. The molecule has 0 spiro atoms. The van der Waals surface area contributed by atoms with Gasteiger partial charge in [-0.1, -0.05) is 42.5 Å². The first-order valence-corrected chi connectivity index (χ1v) is 13.3. The minimum atomic E-state index is -3.52. The lowest BCUT2D eigenvalue weighted by Gasteiger charge is -2.34. The zero-order chi connectivity index (χ0) is 25.0. The van der Waals surface area contributed by atoms with Crippen molar-refractivity contribution in [1.82, 2.24) is 23.7 Å². The van der Waals surface area contributed by atoms with Crippen LogP contribution in [-0.2, 0) is 28.3 Å². The van der Waals surface area contributed by atoms with E-state index in [1.54, 1.807) is 18.2 Å². The molecule has 0 atom stereocenters. The second-order valence-electron chi connectivity index (χ2n) is 9.02. The molecule has 1 aliphatic rings. The summed E-state index contributed by atoms with van der Waals surface area (Å²) >= 11 is 0. The van der Waals surface area contributed by atoms with Crippen LogP contribution in [0.1, 0.15) is 17.8 Å². The van der Waals surface area contributed by atoms with Crippen molar-refractivity contribution in [2.45, 2.75) is 17.7 Å². The van der Waals surface area contributed by atoms with Gasteiger partial charge in [-0.3, -0.25) is 9.69 Å². The molecule has 1 aromatic heterocycles. The van der Waals surface area contributed by atoms with Gasteiger partial charge in [-0.2, -0.15) is 0 Å². The Morgan fingerprint density at radius 1 is 1.06 bits per heavy atom. The quantitative estimate of drug-likeness (QED) is 0.480. The summed E-state index contributed by atoms with van der Waals surface area (Å²) in [6, 6.07) is 15.2. The fourth-order valence-corrected chi connectivity index (χ4v) is 5.21. The second kappa shape index (κ2) is 10.7. The van der Waals surface area contributed by atoms with E-state index in [4.69, 9.17) is 0 Å². The van der Waals surface area contributed by atoms with Gasteiger partial charge in [0.15, 0.2) is 0 Å². The third-order valence-corrected chi connectivity index (χ3v) is 8.30. The van der Waals surface area contributed by atoms with Crippen molar-refractivity contribution < 1.29 is 13.2 Å². The number of hydrogen-bond acceptors (Lipinski definition) is 5. The van der Waals surface area contributed by atoms with Crippen LogP contribution in [0.4, 0.5) is 0 Å². The molecular weight excluding hydrogens is 462 g/mol. The SMILES string of the molecule is CN(C)S(=O)(=O)c1ccc2c(c1)nc(CCC(=O)N1CCN(C/C=C/c3ccccc3)CC1)n2C. The predicted octanol–water partition coefficient (Wildman–Crippen LogP) is 2.61. The standard InChI is InChI=1S/C26H33N5O3S/c1-28(2)35(33,34)22-11-12-24-23(20-22)27-25(29(24)3)13-14-26(32)31-18-16-30(17-19-31)15-7-10-21-8-5-4-6-9-21/h4-12,20H,13-19H2,1-3H3/b10-7+. The van der Waals surface area contributed by atoms with Crippen LogP contribution in [0.2, 0.25) is 0 Å². The van der Waals surface area contributed by atoms with Crippen LogP contribution in [0.3, 0.4) is 0 Å². The normalized spacial score (nSPS) is 15.5. The van der Waals surface area contributed by atoms with Gasteiger partial charge >= 0.3 is 0 Å². The third kappa shape index (κ3) is 5.80. The molecule has 0 radical (unpaired) electrons. The molecule has 4 rings (SSSR count). The summed E-state index contributed by atoms with van der Waals surface area (Å²) in [5.74, 6) is 0.907. The first-order valence-electron chi connectivity index (χ1n) is 11.9. The van der Waals surface area contributed by atoms with Crippen molar-refractivity contribution >= 4 is 33.0 Å². The number of aryl methyl sites for hydroxylation is 2. The monoisotopic (exact) mass is 495 g/mol. The molecular formula is C26H33N5O3S. The van der Waals surface area contributed by atoms with E-state index in [-0.39, 0.29) is 10.8 Å². The lowest BCUT2D eigenvalue weighted by atomic mass is 10.2. The van der Waals surface area contributed by atoms with E-state index in [2.05, 4.69) is 34.2 Å². The van der Waals surface area contributed by atoms with E-state index in [0.29, 0.717) is 18.4 Å². The fraction of sp³-hybridized carbons (Fsp3) is 0.385. The number of amides is 1. The molecule has 3 aromatic rings. The zero-order valence-corrected chi connectivity index (χ0v) is 21.4. The summed E-state index contributed by atoms with van der Waals surface area (Å²) in [7, 11) is 1.40. The summed E-state index contributed by atoms with van der Waals surface area (Å²) < 4.78 is 28.0. The Morgan fingerprint density at radius 2 is 1.77 bits per heavy atom. The summed E-state index contributed by atoms with van der Waals surface area (Å²) in [5.41, 5.74) is 2.66. The Hall–Kier alpha value is -3.01. The topological polar surface area (TPSA) is 78.8 Å². The Labute approximate surface area is 207 Å². The van der Waals surface area contributed by atoms with E-state index in [1.807, 2.05) is 34.7 Å². The molecule has 9 heteroatoms. The zero-order valence-electron chi connectivity index (χ0n) is 20.6. The summed E-state index contributed by atoms with van der Waals surface area (Å²) in [6.45, 7) is 4.06. The summed E-state index contributed by atoms with van der Waals surface area (Å²) in [4.78, 5) is 22.0. The highest BCUT2D eigenvalue weighted by Gasteiger charge is 2.22. The predicted molar refractivity (Wildman–Crippen MR) is 138 cm³/mol. The fourth-order valence-electron chi connectivity index (χ4n) is 4.28. The highest BCUT2D eigenvalue weighted by molar-refractivity contribution is 7.89. The number of benzene rings is 2. The maximum absolute atomic E-state index is 12.8. The van der Waals surface area contributed by atoms with Gasteiger partial charge in [0.25, 0.3) is 0 Å². The van der Waals surface area contributed by atoms with Crippen molar-refractivity contribution in [1.29, 1.82) is 0 Å². The molecule has 1 aliphatic heterocycles. The Bertz CT molecular complexity index is 1310. The maximum atomic E-state index is 12.8. The lowest BCUT2D eigenvalue weighted by Crippen LogP contribution is -2.48. The first kappa shape index (κ1) is 25.1. The molecule has 0 N–H and O–H groups in total. The minimum absolute atomic E-state index is 0.132. The van der Waals surface area contributed by atoms with E-state index in [9.17, 15) is 13.2 Å². The van der Waals surface area contributed by atoms with Gasteiger partial charge in [0.05, 0.1) is 15.9 Å². The average molecular weight is 496 g/mol. The van der Waals surface area contributed by atoms with Gasteiger partial charge in [-0.25, -0.2) is 17.7 Å². The molecule has 0 unspecified atom stereocenters. The number of fused-ring (bicyclic) bond motifs is 1. The second-order valence-corrected chi connectivity index (χ2v) is 11.2. The van der Waals surface area contributed by atoms with Gasteiger partial charge in [0.1, 0.15) is 5.82 Å². The van der Waals surface area contributed by atoms with Crippen molar-refractivity contribution in [3.05, 3.63) is 66.0 Å². The van der Waals surface area contributed by atoms with Crippen LogP contribution >= 0.6 is 0 Å². The van der Waals surface area contributed by atoms with Crippen LogP contribution in [-0.4, -0.2) is 84.8 Å². The van der Waals surface area contributed by atoms with Gasteiger partial charge in [0.2, 0.25) is 15.9 Å². The Balaban J connectivity index is 1.30. The van der Waals surface area contributed by atoms with Crippen LogP contribution < -0.4 is 0 Å². The van der Waals surface area contributed by atoms with Crippen LogP contribution in [0, 0.1) is 0 Å². The summed E-state index contributed by atoms with van der Waals surface area (Å²) in [5, 5.41) is 0. The molecule has 2 aromatic carbocycles. The Kier molecular flexibility index (Phi) is 7.69. The highest BCUT2D eigenvalue weighted by Crippen LogP contribution is 2.22. The molecule has 1 amide bonds. The van der Waals surface area contributed by atoms with Crippen molar-refractivity contribution in [2.24, 2.45) is 7.05 Å². The number of nitrogens with zero attached hydrogens (tertiary/aromatic N) is 5. The number of piperazine rings is 1. The van der Waals surface area contributed by atoms with Crippen molar-refractivity contribution in [3.63, 3.8) is 0 Å². The molecule has 1 fully saturated rings. The number of rotatable bonds is 8. The number of aromatic nitrogens is 2. The smallest absolute Gasteiger partial charge is 0.242 e. The molecule has 8 nitrogen and oxygen atoms in total. The molecule has 2 heterocycles. The number of carbonyl (C=O) groups is 1. The maximum Gasteiger partial charge on any atom is 0.242 e. The van der Waals surface area contributed by atoms with E-state index in [1.165, 1.54) is 24.0 Å². The number of carbonyl (C=O) groups excluding carboxylic acids is 1. The van der Waals surface area contributed by atoms with E-state index >= 15 is 0 Å². The van der Waals surface area contributed by atoms with Crippen molar-refractivity contribution in [2.75, 3.05) is 46.8 Å². The van der Waals surface area contributed by atoms with Crippen LogP contribution in [0.5, 0.6) is 0 Å². The van der Waals surface area contributed by atoms with Gasteiger partial charge < -0.3 is 9.47 Å². The molecule has 186 valence electrons.